The van der Waals surface area contributed by atoms with Crippen LogP contribution >= 0.6 is 35.7 Å². The van der Waals surface area contributed by atoms with Crippen molar-refractivity contribution in [1.29, 1.82) is 0 Å². The minimum Gasteiger partial charge on any atom is -0.480 e. The quantitative estimate of drug-likeness (QED) is 0.652. The van der Waals surface area contributed by atoms with Crippen molar-refractivity contribution >= 4 is 51.9 Å². The molecule has 0 bridgehead atoms. The normalized spacial score (nSPS) is 23.0. The van der Waals surface area contributed by atoms with E-state index in [1.807, 2.05) is 6.08 Å². The lowest BCUT2D eigenvalue weighted by molar-refractivity contribution is -0.140. The second-order valence-corrected chi connectivity index (χ2v) is 7.26. The number of aromatic nitrogens is 2. The predicted octanol–water partition coefficient (Wildman–Crippen LogP) is 1.32. The molecule has 1 fully saturated rings. The molecule has 108 valence electrons. The molecule has 0 aliphatic carbocycles. The summed E-state index contributed by atoms with van der Waals surface area (Å²) in [5.41, 5.74) is 0.921. The molecule has 9 heteroatoms. The van der Waals surface area contributed by atoms with E-state index >= 15 is 0 Å². The molecule has 1 unspecified atom stereocenters. The van der Waals surface area contributed by atoms with Gasteiger partial charge in [-0.1, -0.05) is 41.8 Å². The average molecular weight is 339 g/mol. The van der Waals surface area contributed by atoms with Gasteiger partial charge in [-0.25, -0.2) is 4.98 Å². The number of thioether (sulfide) groups is 2. The van der Waals surface area contributed by atoms with Crippen molar-refractivity contribution in [3.8, 4) is 0 Å². The van der Waals surface area contributed by atoms with E-state index in [2.05, 4.69) is 9.97 Å². The summed E-state index contributed by atoms with van der Waals surface area (Å²) in [5.74, 6) is -1.42. The molecule has 1 amide bonds. The number of carboxylic acids is 1. The lowest BCUT2D eigenvalue weighted by atomic mass is 10.2. The van der Waals surface area contributed by atoms with Crippen molar-refractivity contribution in [1.82, 2.24) is 14.9 Å². The Morgan fingerprint density at radius 1 is 1.52 bits per heavy atom. The fourth-order valence-corrected chi connectivity index (χ4v) is 4.52. The molecule has 0 aromatic carbocycles. The first kappa shape index (κ1) is 14.5. The van der Waals surface area contributed by atoms with E-state index in [4.69, 9.17) is 17.3 Å². The Labute approximate surface area is 134 Å². The predicted molar refractivity (Wildman–Crippen MR) is 83.0 cm³/mol. The van der Waals surface area contributed by atoms with Crippen LogP contribution in [0.5, 0.6) is 0 Å². The first-order valence-corrected chi connectivity index (χ1v) is 8.09. The largest absolute Gasteiger partial charge is 0.480 e. The first-order valence-electron chi connectivity index (χ1n) is 5.98. The molecule has 2 aliphatic rings. The maximum atomic E-state index is 12.2. The summed E-state index contributed by atoms with van der Waals surface area (Å²) < 4.78 is 0.283. The van der Waals surface area contributed by atoms with Crippen molar-refractivity contribution < 1.29 is 14.7 Å². The van der Waals surface area contributed by atoms with E-state index in [-0.39, 0.29) is 15.5 Å². The van der Waals surface area contributed by atoms with Crippen molar-refractivity contribution in [3.05, 3.63) is 29.1 Å². The molecule has 1 aromatic heterocycles. The van der Waals surface area contributed by atoms with Crippen molar-refractivity contribution in [2.24, 2.45) is 0 Å². The van der Waals surface area contributed by atoms with E-state index in [0.717, 1.165) is 27.4 Å². The van der Waals surface area contributed by atoms with E-state index in [1.54, 1.807) is 24.2 Å². The van der Waals surface area contributed by atoms with Gasteiger partial charge >= 0.3 is 5.97 Å². The summed E-state index contributed by atoms with van der Waals surface area (Å²) in [6.45, 7) is -0.400. The van der Waals surface area contributed by atoms with Crippen molar-refractivity contribution in [2.45, 2.75) is 16.7 Å². The summed E-state index contributed by atoms with van der Waals surface area (Å²) in [6, 6.07) is 0. The highest BCUT2D eigenvalue weighted by atomic mass is 32.2. The molecule has 0 radical (unpaired) electrons. The van der Waals surface area contributed by atoms with Gasteiger partial charge in [-0.3, -0.25) is 19.5 Å². The highest BCUT2D eigenvalue weighted by molar-refractivity contribution is 8.26. The zero-order valence-corrected chi connectivity index (χ0v) is 13.0. The van der Waals surface area contributed by atoms with Crippen LogP contribution in [0, 0.1) is 0 Å². The van der Waals surface area contributed by atoms with Crippen LogP contribution in [0.1, 0.15) is 5.69 Å². The summed E-state index contributed by atoms with van der Waals surface area (Å²) in [7, 11) is 0. The highest BCUT2D eigenvalue weighted by Crippen LogP contribution is 2.38. The zero-order chi connectivity index (χ0) is 15.0. The number of nitrogens with zero attached hydrogens (tertiary/aromatic N) is 3. The number of carbonyl (C=O) groups excluding carboxylic acids is 1. The van der Waals surface area contributed by atoms with Gasteiger partial charge < -0.3 is 5.11 Å². The fourth-order valence-electron chi connectivity index (χ4n) is 2.02. The van der Waals surface area contributed by atoms with E-state index in [9.17, 15) is 9.59 Å². The molecule has 3 rings (SSSR count). The Kier molecular flexibility index (Phi) is 3.96. The maximum Gasteiger partial charge on any atom is 0.323 e. The average Bonchev–Trinajstić information content (AvgIpc) is 2.94. The van der Waals surface area contributed by atoms with Crippen LogP contribution in [0.3, 0.4) is 0 Å². The van der Waals surface area contributed by atoms with E-state index in [1.165, 1.54) is 0 Å². The lowest BCUT2D eigenvalue weighted by Crippen LogP contribution is -2.33. The summed E-state index contributed by atoms with van der Waals surface area (Å²) in [5, 5.41) is 9.74. The van der Waals surface area contributed by atoms with Gasteiger partial charge in [-0.05, 0) is 0 Å². The molecule has 1 atom stereocenters. The molecule has 0 saturated carbocycles. The number of fused-ring (bicyclic) bond motifs is 1. The topological polar surface area (TPSA) is 83.4 Å². The summed E-state index contributed by atoms with van der Waals surface area (Å²) in [6.07, 6.45) is 5.82. The van der Waals surface area contributed by atoms with Crippen LogP contribution in [-0.4, -0.2) is 48.0 Å². The SMILES string of the molecule is O=C(O)CN1C(=O)/C(=C/C2Cc3nccnc3S2)SC1=S. The van der Waals surface area contributed by atoms with Crippen molar-refractivity contribution in [3.63, 3.8) is 0 Å². The van der Waals surface area contributed by atoms with Gasteiger partial charge in [0.25, 0.3) is 5.91 Å². The Morgan fingerprint density at radius 3 is 3.00 bits per heavy atom. The monoisotopic (exact) mass is 339 g/mol. The van der Waals surface area contributed by atoms with E-state index < -0.39 is 12.5 Å². The molecule has 21 heavy (non-hydrogen) atoms. The van der Waals surface area contributed by atoms with Gasteiger partial charge in [0, 0.05) is 24.1 Å². The van der Waals surface area contributed by atoms with Crippen LogP contribution in [0.4, 0.5) is 0 Å². The number of carbonyl (C=O) groups is 2. The van der Waals surface area contributed by atoms with Crippen LogP contribution in [0.15, 0.2) is 28.4 Å². The van der Waals surface area contributed by atoms with Crippen LogP contribution in [0.2, 0.25) is 0 Å². The van der Waals surface area contributed by atoms with Gasteiger partial charge in [-0.2, -0.15) is 0 Å². The fraction of sp³-hybridized carbons (Fsp3) is 0.250. The minimum absolute atomic E-state index is 0.0708. The first-order chi connectivity index (χ1) is 10.0. The van der Waals surface area contributed by atoms with E-state index in [0.29, 0.717) is 11.3 Å². The Balaban J connectivity index is 1.75. The third-order valence-electron chi connectivity index (χ3n) is 2.90. The molecule has 0 spiro atoms. The minimum atomic E-state index is -1.08. The van der Waals surface area contributed by atoms with Gasteiger partial charge in [0.1, 0.15) is 15.9 Å². The maximum absolute atomic E-state index is 12.2. The zero-order valence-electron chi connectivity index (χ0n) is 10.6. The second-order valence-electron chi connectivity index (χ2n) is 4.35. The number of hydrogen-bond acceptors (Lipinski definition) is 7. The molecule has 2 aliphatic heterocycles. The van der Waals surface area contributed by atoms with Crippen molar-refractivity contribution in [2.75, 3.05) is 6.54 Å². The number of amides is 1. The highest BCUT2D eigenvalue weighted by Gasteiger charge is 2.35. The number of rotatable bonds is 3. The number of thiocarbonyl (C=S) groups is 1. The molecule has 6 nitrogen and oxygen atoms in total. The molecular weight excluding hydrogens is 330 g/mol. The number of carboxylic acid groups (broad SMARTS) is 1. The summed E-state index contributed by atoms with van der Waals surface area (Å²) in [4.78, 5) is 33.0. The second kappa shape index (κ2) is 5.74. The molecule has 1 aromatic rings. The third-order valence-corrected chi connectivity index (χ3v) is 5.46. The van der Waals surface area contributed by atoms with Gasteiger partial charge in [0.05, 0.1) is 10.6 Å². The van der Waals surface area contributed by atoms with Gasteiger partial charge in [-0.15, -0.1) is 0 Å². The van der Waals surface area contributed by atoms with Crippen LogP contribution in [-0.2, 0) is 16.0 Å². The third kappa shape index (κ3) is 2.94. The van der Waals surface area contributed by atoms with Gasteiger partial charge in [0.2, 0.25) is 0 Å². The number of hydrogen-bond donors (Lipinski definition) is 1. The lowest BCUT2D eigenvalue weighted by Gasteiger charge is -2.10. The molecule has 1 N–H and O–H groups in total. The molecule has 3 heterocycles. The van der Waals surface area contributed by atoms with Gasteiger partial charge in [0.15, 0.2) is 0 Å². The molecular formula is C12H9N3O3S3. The number of aliphatic carboxylic acids is 1. The Bertz CT molecular complexity index is 652. The molecule has 1 saturated heterocycles. The summed E-state index contributed by atoms with van der Waals surface area (Å²) >= 11 is 7.74. The Hall–Kier alpha value is -1.45. The van der Waals surface area contributed by atoms with Crippen LogP contribution < -0.4 is 0 Å². The smallest absolute Gasteiger partial charge is 0.323 e. The standard InChI is InChI=1S/C12H9N3O3S3/c16-9(17)5-15-11(18)8(21-12(15)19)4-6-3-7-10(20-6)14-2-1-13-7/h1-2,4,6H,3,5H2,(H,16,17)/b8-4-. The van der Waals surface area contributed by atoms with Crippen LogP contribution in [0.25, 0.3) is 0 Å². The Morgan fingerprint density at radius 2 is 2.29 bits per heavy atom.